The number of carbonyl (C=O) groups is 3. The van der Waals surface area contributed by atoms with Crippen molar-refractivity contribution in [1.29, 1.82) is 0 Å². The second kappa shape index (κ2) is 9.38. The summed E-state index contributed by atoms with van der Waals surface area (Å²) in [6, 6.07) is 16.1. The molecule has 0 saturated carbocycles. The van der Waals surface area contributed by atoms with Crippen LogP contribution in [0.3, 0.4) is 0 Å². The van der Waals surface area contributed by atoms with Gasteiger partial charge in [-0.2, -0.15) is 0 Å². The van der Waals surface area contributed by atoms with Gasteiger partial charge in [0.15, 0.2) is 0 Å². The van der Waals surface area contributed by atoms with E-state index in [1.54, 1.807) is 16.7 Å². The SMILES string of the molecule is Cc1ccc(-c2ccc(C[C@@]3(C(N)=O)CCCN(C(=O)[C@H](C)N4CCCC4=O)C3)cc2)cc1. The predicted molar refractivity (Wildman–Crippen MR) is 128 cm³/mol. The molecule has 6 nitrogen and oxygen atoms in total. The normalized spacial score (nSPS) is 21.8. The van der Waals surface area contributed by atoms with Crippen LogP contribution in [0, 0.1) is 12.3 Å². The van der Waals surface area contributed by atoms with Gasteiger partial charge in [-0.25, -0.2) is 0 Å². The maximum absolute atomic E-state index is 13.2. The Bertz CT molecular complexity index is 1030. The van der Waals surface area contributed by atoms with E-state index >= 15 is 0 Å². The molecule has 33 heavy (non-hydrogen) atoms. The van der Waals surface area contributed by atoms with E-state index in [0.29, 0.717) is 38.9 Å². The van der Waals surface area contributed by atoms with Gasteiger partial charge in [0, 0.05) is 26.1 Å². The first kappa shape index (κ1) is 23.0. The lowest BCUT2D eigenvalue weighted by Gasteiger charge is -2.42. The molecular formula is C27H33N3O3. The molecule has 2 atom stereocenters. The molecule has 0 aliphatic carbocycles. The van der Waals surface area contributed by atoms with Crippen LogP contribution < -0.4 is 5.73 Å². The van der Waals surface area contributed by atoms with Gasteiger partial charge in [-0.3, -0.25) is 14.4 Å². The Morgan fingerprint density at radius 2 is 1.64 bits per heavy atom. The number of piperidine rings is 1. The second-order valence-corrected chi connectivity index (χ2v) is 9.61. The highest BCUT2D eigenvalue weighted by Gasteiger charge is 2.43. The first-order chi connectivity index (χ1) is 15.8. The molecule has 2 aromatic rings. The van der Waals surface area contributed by atoms with Crippen molar-refractivity contribution in [2.75, 3.05) is 19.6 Å². The molecule has 2 saturated heterocycles. The number of amides is 3. The number of hydrogen-bond acceptors (Lipinski definition) is 3. The van der Waals surface area contributed by atoms with E-state index in [-0.39, 0.29) is 17.7 Å². The minimum absolute atomic E-state index is 0.0303. The molecule has 2 aliphatic heterocycles. The van der Waals surface area contributed by atoms with E-state index in [1.165, 1.54) is 5.56 Å². The maximum Gasteiger partial charge on any atom is 0.245 e. The number of benzene rings is 2. The van der Waals surface area contributed by atoms with E-state index in [1.807, 2.05) is 12.1 Å². The van der Waals surface area contributed by atoms with Crippen molar-refractivity contribution in [2.24, 2.45) is 11.1 Å². The van der Waals surface area contributed by atoms with Gasteiger partial charge < -0.3 is 15.5 Å². The zero-order valence-electron chi connectivity index (χ0n) is 19.5. The van der Waals surface area contributed by atoms with Gasteiger partial charge in [-0.05, 0) is 56.2 Å². The highest BCUT2D eigenvalue weighted by Crippen LogP contribution is 2.35. The second-order valence-electron chi connectivity index (χ2n) is 9.61. The lowest BCUT2D eigenvalue weighted by atomic mass is 9.74. The summed E-state index contributed by atoms with van der Waals surface area (Å²) in [4.78, 5) is 41.4. The van der Waals surface area contributed by atoms with Gasteiger partial charge in [-0.1, -0.05) is 54.1 Å². The smallest absolute Gasteiger partial charge is 0.245 e. The van der Waals surface area contributed by atoms with Gasteiger partial charge in [0.25, 0.3) is 0 Å². The van der Waals surface area contributed by atoms with E-state index in [0.717, 1.165) is 29.5 Å². The van der Waals surface area contributed by atoms with Crippen LogP contribution in [0.5, 0.6) is 0 Å². The van der Waals surface area contributed by atoms with Crippen LogP contribution in [0.1, 0.15) is 43.7 Å². The maximum atomic E-state index is 13.2. The third-order valence-corrected chi connectivity index (χ3v) is 7.23. The minimum Gasteiger partial charge on any atom is -0.369 e. The van der Waals surface area contributed by atoms with E-state index in [2.05, 4.69) is 43.3 Å². The molecule has 4 rings (SSSR count). The monoisotopic (exact) mass is 447 g/mol. The number of rotatable bonds is 6. The predicted octanol–water partition coefficient (Wildman–Crippen LogP) is 3.31. The van der Waals surface area contributed by atoms with Crippen LogP contribution in [-0.4, -0.2) is 53.2 Å². The van der Waals surface area contributed by atoms with Crippen molar-refractivity contribution in [3.8, 4) is 11.1 Å². The molecule has 2 N–H and O–H groups in total. The number of primary amides is 1. The number of carbonyl (C=O) groups excluding carboxylic acids is 3. The van der Waals surface area contributed by atoms with Crippen LogP contribution in [0.25, 0.3) is 11.1 Å². The lowest BCUT2D eigenvalue weighted by Crippen LogP contribution is -2.56. The zero-order chi connectivity index (χ0) is 23.6. The standard InChI is InChI=1S/C27H33N3O3/c1-19-6-10-22(11-7-19)23-12-8-21(9-13-23)17-27(26(28)33)14-4-15-29(18-27)25(32)20(2)30-16-3-5-24(30)31/h6-13,20H,3-5,14-18H2,1-2H3,(H2,28,33)/t20-,27-/m0/s1. The number of aryl methyl sites for hydroxylation is 1. The first-order valence-electron chi connectivity index (χ1n) is 11.8. The summed E-state index contributed by atoms with van der Waals surface area (Å²) < 4.78 is 0. The number of nitrogens with two attached hydrogens (primary N) is 1. The van der Waals surface area contributed by atoms with Crippen molar-refractivity contribution < 1.29 is 14.4 Å². The fourth-order valence-corrected chi connectivity index (χ4v) is 5.18. The molecule has 0 radical (unpaired) electrons. The van der Waals surface area contributed by atoms with Crippen molar-refractivity contribution in [1.82, 2.24) is 9.80 Å². The molecule has 2 aromatic carbocycles. The topological polar surface area (TPSA) is 83.7 Å². The Morgan fingerprint density at radius 1 is 1.00 bits per heavy atom. The van der Waals surface area contributed by atoms with Crippen LogP contribution in [0.4, 0.5) is 0 Å². The molecular weight excluding hydrogens is 414 g/mol. The Hall–Kier alpha value is -3.15. The Kier molecular flexibility index (Phi) is 6.54. The third-order valence-electron chi connectivity index (χ3n) is 7.23. The molecule has 0 unspecified atom stereocenters. The van der Waals surface area contributed by atoms with Gasteiger partial charge in [0.2, 0.25) is 17.7 Å². The van der Waals surface area contributed by atoms with E-state index in [4.69, 9.17) is 5.73 Å². The minimum atomic E-state index is -0.798. The van der Waals surface area contributed by atoms with Crippen molar-refractivity contribution in [3.05, 3.63) is 59.7 Å². The van der Waals surface area contributed by atoms with Gasteiger partial charge in [0.1, 0.15) is 6.04 Å². The van der Waals surface area contributed by atoms with Gasteiger partial charge >= 0.3 is 0 Å². The van der Waals surface area contributed by atoms with Crippen LogP contribution >= 0.6 is 0 Å². The number of nitrogens with zero attached hydrogens (tertiary/aromatic N) is 2. The van der Waals surface area contributed by atoms with Crippen LogP contribution in [0.2, 0.25) is 0 Å². The average Bonchev–Trinajstić information content (AvgIpc) is 3.25. The quantitative estimate of drug-likeness (QED) is 0.737. The van der Waals surface area contributed by atoms with Crippen LogP contribution in [0.15, 0.2) is 48.5 Å². The molecule has 0 bridgehead atoms. The summed E-state index contributed by atoms with van der Waals surface area (Å²) >= 11 is 0. The molecule has 2 fully saturated rings. The van der Waals surface area contributed by atoms with E-state index < -0.39 is 11.5 Å². The first-order valence-corrected chi connectivity index (χ1v) is 11.8. The summed E-state index contributed by atoms with van der Waals surface area (Å²) in [6.07, 6.45) is 3.17. The Labute approximate surface area is 195 Å². The average molecular weight is 448 g/mol. The lowest BCUT2D eigenvalue weighted by molar-refractivity contribution is -0.147. The number of hydrogen-bond donors (Lipinski definition) is 1. The zero-order valence-corrected chi connectivity index (χ0v) is 19.5. The molecule has 6 heteroatoms. The largest absolute Gasteiger partial charge is 0.369 e. The summed E-state index contributed by atoms with van der Waals surface area (Å²) in [7, 11) is 0. The van der Waals surface area contributed by atoms with Crippen LogP contribution in [-0.2, 0) is 20.8 Å². The van der Waals surface area contributed by atoms with Crippen molar-refractivity contribution in [2.45, 2.75) is 52.0 Å². The summed E-state index contributed by atoms with van der Waals surface area (Å²) in [5, 5.41) is 0. The Balaban J connectivity index is 1.49. The molecule has 3 amide bonds. The number of likely N-dealkylation sites (tertiary alicyclic amines) is 2. The molecule has 2 aliphatic rings. The molecule has 2 heterocycles. The van der Waals surface area contributed by atoms with E-state index in [9.17, 15) is 14.4 Å². The van der Waals surface area contributed by atoms with Gasteiger partial charge in [0.05, 0.1) is 5.41 Å². The summed E-state index contributed by atoms with van der Waals surface area (Å²) in [5.74, 6) is -0.430. The Morgan fingerprint density at radius 3 is 2.21 bits per heavy atom. The van der Waals surface area contributed by atoms with Gasteiger partial charge in [-0.15, -0.1) is 0 Å². The highest BCUT2D eigenvalue weighted by atomic mass is 16.2. The fraction of sp³-hybridized carbons (Fsp3) is 0.444. The molecule has 0 aromatic heterocycles. The third kappa shape index (κ3) is 4.80. The molecule has 0 spiro atoms. The highest BCUT2D eigenvalue weighted by molar-refractivity contribution is 5.89. The van der Waals surface area contributed by atoms with Crippen molar-refractivity contribution >= 4 is 17.7 Å². The van der Waals surface area contributed by atoms with Crippen molar-refractivity contribution in [3.63, 3.8) is 0 Å². The fourth-order valence-electron chi connectivity index (χ4n) is 5.18. The summed E-state index contributed by atoms with van der Waals surface area (Å²) in [5.41, 5.74) is 9.65. The summed E-state index contributed by atoms with van der Waals surface area (Å²) in [6.45, 7) is 5.36. The molecule has 174 valence electrons.